The van der Waals surface area contributed by atoms with Crippen molar-refractivity contribution in [2.24, 2.45) is 63.1 Å². The van der Waals surface area contributed by atoms with Crippen molar-refractivity contribution in [2.45, 2.75) is 200 Å². The van der Waals surface area contributed by atoms with Gasteiger partial charge in [0.15, 0.2) is 11.6 Å². The molecule has 0 radical (unpaired) electrons. The molecule has 300 valence electrons. The SMILES string of the molecule is C[C@]12CC[C@H]3[C@@H](CCC4=CC(=O)C(CCCCCCCCCCC(=O)O[C@H]5CCC6C7CCC8=CC(=O)CC[C@]8(C)C7CC[C@@]65C)C[C@@]43C)[C@@H]1CC[C@@H]2O. The third-order valence-electron chi connectivity index (χ3n) is 18.9. The Morgan fingerprint density at radius 2 is 1.24 bits per heavy atom. The van der Waals surface area contributed by atoms with E-state index >= 15 is 0 Å². The van der Waals surface area contributed by atoms with Gasteiger partial charge in [-0.2, -0.15) is 0 Å². The van der Waals surface area contributed by atoms with Crippen LogP contribution in [0.2, 0.25) is 0 Å². The van der Waals surface area contributed by atoms with Crippen molar-refractivity contribution in [1.29, 1.82) is 0 Å². The van der Waals surface area contributed by atoms with Gasteiger partial charge in [0.25, 0.3) is 0 Å². The minimum Gasteiger partial charge on any atom is -0.462 e. The van der Waals surface area contributed by atoms with E-state index in [0.717, 1.165) is 83.0 Å². The molecular weight excluding hydrogens is 669 g/mol. The molecule has 5 heteroatoms. The minimum atomic E-state index is -0.123. The summed E-state index contributed by atoms with van der Waals surface area (Å²) < 4.78 is 6.29. The van der Waals surface area contributed by atoms with Crippen LogP contribution in [0.3, 0.4) is 0 Å². The fourth-order valence-corrected chi connectivity index (χ4v) is 15.6. The number of ketones is 2. The number of esters is 1. The Balaban J connectivity index is 0.707. The summed E-state index contributed by atoms with van der Waals surface area (Å²) >= 11 is 0. The average Bonchev–Trinajstić information content (AvgIpc) is 3.64. The van der Waals surface area contributed by atoms with Crippen molar-refractivity contribution >= 4 is 17.5 Å². The summed E-state index contributed by atoms with van der Waals surface area (Å²) in [5, 5.41) is 10.8. The number of aliphatic hydroxyl groups excluding tert-OH is 1. The molecule has 0 aliphatic heterocycles. The molecule has 6 fully saturated rings. The number of carbonyl (C=O) groups excluding carboxylic acids is 3. The maximum atomic E-state index is 13.3. The number of ether oxygens (including phenoxy) is 1. The molecule has 5 nitrogen and oxygen atoms in total. The third kappa shape index (κ3) is 6.76. The zero-order chi connectivity index (χ0) is 37.9. The average molecular weight is 743 g/mol. The maximum Gasteiger partial charge on any atom is 0.306 e. The topological polar surface area (TPSA) is 80.7 Å². The molecule has 8 aliphatic carbocycles. The Hall–Kier alpha value is -1.75. The Kier molecular flexibility index (Phi) is 11.0. The number of carbonyl (C=O) groups is 3. The Morgan fingerprint density at radius 3 is 1.96 bits per heavy atom. The highest BCUT2D eigenvalue weighted by Gasteiger charge is 2.61. The molecule has 54 heavy (non-hydrogen) atoms. The zero-order valence-electron chi connectivity index (χ0n) is 34.6. The fourth-order valence-electron chi connectivity index (χ4n) is 15.6. The van der Waals surface area contributed by atoms with Gasteiger partial charge in [0.1, 0.15) is 6.10 Å². The molecule has 13 atom stereocenters. The normalized spacial score (nSPS) is 45.2. The van der Waals surface area contributed by atoms with Gasteiger partial charge in [0.2, 0.25) is 0 Å². The number of fused-ring (bicyclic) bond motifs is 10. The highest BCUT2D eigenvalue weighted by molar-refractivity contribution is 5.94. The van der Waals surface area contributed by atoms with Crippen LogP contribution in [0.1, 0.15) is 188 Å². The van der Waals surface area contributed by atoms with E-state index in [4.69, 9.17) is 4.74 Å². The number of unbranched alkanes of at least 4 members (excludes halogenated alkanes) is 7. The lowest BCUT2D eigenvalue weighted by Gasteiger charge is -2.58. The standard InChI is InChI=1S/C49H74O5/c1-46-26-23-35(50)29-33(46)15-17-37-39-20-22-44(48(39,3)28-25-40(37)46)54-45(53)14-12-10-8-6-5-7-9-11-13-32-31-49(4)34(30-42(32)51)16-18-36-38-19-21-43(52)47(38,2)27-24-41(36)49/h29-30,32,36-41,43-44,52H,5-28,31H2,1-4H3/t32?,36-,37?,38-,39?,40?,41-,43-,44-,46-,47-,48-,49-/m0/s1. The van der Waals surface area contributed by atoms with E-state index < -0.39 is 0 Å². The second-order valence-electron chi connectivity index (χ2n) is 21.4. The molecule has 8 aliphatic rings. The summed E-state index contributed by atoms with van der Waals surface area (Å²) in [7, 11) is 0. The van der Waals surface area contributed by atoms with Gasteiger partial charge in [-0.3, -0.25) is 14.4 Å². The van der Waals surface area contributed by atoms with Gasteiger partial charge in [0.05, 0.1) is 6.10 Å². The summed E-state index contributed by atoms with van der Waals surface area (Å²) in [6.45, 7) is 9.74. The summed E-state index contributed by atoms with van der Waals surface area (Å²) in [6, 6.07) is 0. The quantitative estimate of drug-likeness (QED) is 0.159. The lowest BCUT2D eigenvalue weighted by molar-refractivity contribution is -0.160. The molecule has 4 unspecified atom stereocenters. The van der Waals surface area contributed by atoms with E-state index in [1.54, 1.807) is 0 Å². The van der Waals surface area contributed by atoms with E-state index in [9.17, 15) is 19.5 Å². The first-order valence-electron chi connectivity index (χ1n) is 23.2. The highest BCUT2D eigenvalue weighted by Crippen LogP contribution is 2.67. The van der Waals surface area contributed by atoms with Crippen LogP contribution >= 0.6 is 0 Å². The van der Waals surface area contributed by atoms with Gasteiger partial charge in [-0.25, -0.2) is 0 Å². The summed E-state index contributed by atoms with van der Waals surface area (Å²) in [6.07, 6.45) is 31.4. The summed E-state index contributed by atoms with van der Waals surface area (Å²) in [5.41, 5.74) is 3.48. The molecule has 6 saturated carbocycles. The number of hydrogen-bond acceptors (Lipinski definition) is 5. The van der Waals surface area contributed by atoms with Crippen molar-refractivity contribution in [2.75, 3.05) is 0 Å². The van der Waals surface area contributed by atoms with Crippen LogP contribution in [0.5, 0.6) is 0 Å². The fraction of sp³-hybridized carbons (Fsp3) is 0.857. The number of hydrogen-bond donors (Lipinski definition) is 1. The van der Waals surface area contributed by atoms with E-state index in [0.29, 0.717) is 54.0 Å². The third-order valence-corrected chi connectivity index (χ3v) is 18.9. The van der Waals surface area contributed by atoms with E-state index in [1.807, 2.05) is 6.08 Å². The number of rotatable bonds is 12. The lowest BCUT2D eigenvalue weighted by Crippen LogP contribution is -2.52. The highest BCUT2D eigenvalue weighted by atomic mass is 16.5. The van der Waals surface area contributed by atoms with E-state index in [-0.39, 0.29) is 45.8 Å². The molecule has 0 amide bonds. The molecule has 0 aromatic rings. The second kappa shape index (κ2) is 15.2. The molecule has 0 aromatic heterocycles. The van der Waals surface area contributed by atoms with Crippen molar-refractivity contribution in [3.05, 3.63) is 23.3 Å². The zero-order valence-corrected chi connectivity index (χ0v) is 34.6. The molecule has 0 bridgehead atoms. The Morgan fingerprint density at radius 1 is 0.648 bits per heavy atom. The van der Waals surface area contributed by atoms with Gasteiger partial charge in [-0.1, -0.05) is 83.8 Å². The van der Waals surface area contributed by atoms with E-state index in [1.165, 1.54) is 81.8 Å². The Labute approximate surface area is 327 Å². The summed E-state index contributed by atoms with van der Waals surface area (Å²) in [4.78, 5) is 38.5. The smallest absolute Gasteiger partial charge is 0.306 e. The second-order valence-corrected chi connectivity index (χ2v) is 21.4. The molecule has 1 N–H and O–H groups in total. The predicted molar refractivity (Wildman–Crippen MR) is 214 cm³/mol. The largest absolute Gasteiger partial charge is 0.462 e. The van der Waals surface area contributed by atoms with Gasteiger partial charge in [0, 0.05) is 24.2 Å². The molecule has 0 heterocycles. The molecule has 0 spiro atoms. The first kappa shape index (κ1) is 39.1. The lowest BCUT2D eigenvalue weighted by atomic mass is 9.46. The first-order valence-corrected chi connectivity index (χ1v) is 23.2. The van der Waals surface area contributed by atoms with Crippen LogP contribution in [-0.2, 0) is 19.1 Å². The van der Waals surface area contributed by atoms with Crippen LogP contribution < -0.4 is 0 Å². The van der Waals surface area contributed by atoms with Gasteiger partial charge in [-0.05, 0) is 167 Å². The first-order chi connectivity index (χ1) is 25.9. The molecular formula is C49H74O5. The van der Waals surface area contributed by atoms with E-state index in [2.05, 4.69) is 33.8 Å². The Bertz CT molecular complexity index is 1510. The minimum absolute atomic E-state index is 0.0201. The monoisotopic (exact) mass is 743 g/mol. The summed E-state index contributed by atoms with van der Waals surface area (Å²) in [5.74, 6) is 5.02. The molecule has 8 rings (SSSR count). The number of aliphatic hydroxyl groups is 1. The predicted octanol–water partition coefficient (Wildman–Crippen LogP) is 11.4. The van der Waals surface area contributed by atoms with Crippen molar-refractivity contribution < 1.29 is 24.2 Å². The van der Waals surface area contributed by atoms with Gasteiger partial charge in [-0.15, -0.1) is 0 Å². The maximum absolute atomic E-state index is 13.3. The van der Waals surface area contributed by atoms with Crippen LogP contribution in [0.4, 0.5) is 0 Å². The van der Waals surface area contributed by atoms with Gasteiger partial charge < -0.3 is 9.84 Å². The molecule has 0 aromatic carbocycles. The van der Waals surface area contributed by atoms with Crippen LogP contribution in [0.25, 0.3) is 0 Å². The van der Waals surface area contributed by atoms with Gasteiger partial charge >= 0.3 is 5.97 Å². The van der Waals surface area contributed by atoms with Crippen LogP contribution in [0, 0.1) is 63.1 Å². The van der Waals surface area contributed by atoms with Crippen LogP contribution in [-0.4, -0.2) is 34.9 Å². The van der Waals surface area contributed by atoms with Crippen molar-refractivity contribution in [3.63, 3.8) is 0 Å². The van der Waals surface area contributed by atoms with Crippen LogP contribution in [0.15, 0.2) is 23.3 Å². The van der Waals surface area contributed by atoms with Crippen molar-refractivity contribution in [3.8, 4) is 0 Å². The van der Waals surface area contributed by atoms with Crippen molar-refractivity contribution in [1.82, 2.24) is 0 Å². The number of allylic oxidation sites excluding steroid dienone is 2. The molecule has 0 saturated heterocycles.